The Morgan fingerprint density at radius 3 is 2.62 bits per heavy atom. The number of amides is 1. The van der Waals surface area contributed by atoms with Crippen molar-refractivity contribution in [2.24, 2.45) is 5.41 Å². The normalized spacial score (nSPS) is 21.5. The molecule has 0 saturated heterocycles. The third-order valence-corrected chi connectivity index (χ3v) is 1.81. The fourth-order valence-corrected chi connectivity index (χ4v) is 1.20. The van der Waals surface area contributed by atoms with E-state index in [-0.39, 0.29) is 11.6 Å². The topological polar surface area (TPSA) is 38.8 Å². The van der Waals surface area contributed by atoms with Crippen LogP contribution in [-0.2, 0) is 9.47 Å². The van der Waals surface area contributed by atoms with E-state index < -0.39 is 6.09 Å². The van der Waals surface area contributed by atoms with Crippen LogP contribution < -0.4 is 0 Å². The van der Waals surface area contributed by atoms with Gasteiger partial charge >= 0.3 is 6.09 Å². The van der Waals surface area contributed by atoms with E-state index in [1.54, 1.807) is 6.20 Å². The van der Waals surface area contributed by atoms with Gasteiger partial charge in [0.1, 0.15) is 6.26 Å². The van der Waals surface area contributed by atoms with E-state index in [2.05, 4.69) is 4.74 Å². The molecular formula is C9H15NO3. The molecule has 0 saturated carbocycles. The summed E-state index contributed by atoms with van der Waals surface area (Å²) >= 11 is 0. The van der Waals surface area contributed by atoms with Gasteiger partial charge in [-0.25, -0.2) is 9.69 Å². The fraction of sp³-hybridized carbons (Fsp3) is 0.667. The van der Waals surface area contributed by atoms with E-state index in [1.165, 1.54) is 18.3 Å². The molecule has 13 heavy (non-hydrogen) atoms. The molecule has 4 nitrogen and oxygen atoms in total. The predicted molar refractivity (Wildman–Crippen MR) is 47.7 cm³/mol. The van der Waals surface area contributed by atoms with Crippen LogP contribution in [0.1, 0.15) is 20.8 Å². The molecule has 0 N–H and O–H groups in total. The smallest absolute Gasteiger partial charge is 0.416 e. The number of hydrogen-bond acceptors (Lipinski definition) is 3. The maximum atomic E-state index is 11.2. The average Bonchev–Trinajstić information content (AvgIpc) is 2.49. The molecule has 0 aliphatic carbocycles. The molecule has 0 bridgehead atoms. The highest BCUT2D eigenvalue weighted by molar-refractivity contribution is 5.69. The molecule has 1 heterocycles. The van der Waals surface area contributed by atoms with Crippen LogP contribution in [-0.4, -0.2) is 24.3 Å². The minimum atomic E-state index is -0.395. The number of methoxy groups -OCH3 is 1. The largest absolute Gasteiger partial charge is 0.475 e. The number of ether oxygens (including phenoxy) is 2. The Morgan fingerprint density at radius 1 is 1.54 bits per heavy atom. The van der Waals surface area contributed by atoms with E-state index >= 15 is 0 Å². The van der Waals surface area contributed by atoms with Gasteiger partial charge in [-0.1, -0.05) is 20.8 Å². The third kappa shape index (κ3) is 1.94. The van der Waals surface area contributed by atoms with Gasteiger partial charge in [0.25, 0.3) is 0 Å². The van der Waals surface area contributed by atoms with Gasteiger partial charge in [-0.15, -0.1) is 0 Å². The van der Waals surface area contributed by atoms with Gasteiger partial charge in [0.05, 0.1) is 7.11 Å². The van der Waals surface area contributed by atoms with Crippen molar-refractivity contribution >= 4 is 6.09 Å². The first-order valence-corrected chi connectivity index (χ1v) is 4.15. The quantitative estimate of drug-likeness (QED) is 0.578. The van der Waals surface area contributed by atoms with Crippen LogP contribution in [0.25, 0.3) is 0 Å². The van der Waals surface area contributed by atoms with Gasteiger partial charge in [-0.2, -0.15) is 0 Å². The summed E-state index contributed by atoms with van der Waals surface area (Å²) in [6, 6.07) is 0. The summed E-state index contributed by atoms with van der Waals surface area (Å²) in [5.74, 6) is 0. The zero-order chi connectivity index (χ0) is 10.1. The lowest BCUT2D eigenvalue weighted by atomic mass is 9.94. The first kappa shape index (κ1) is 9.89. The predicted octanol–water partition coefficient (Wildman–Crippen LogP) is 1.93. The Labute approximate surface area is 78.1 Å². The van der Waals surface area contributed by atoms with Gasteiger partial charge in [0, 0.05) is 11.6 Å². The Bertz CT molecular complexity index is 230. The van der Waals surface area contributed by atoms with Gasteiger partial charge in [0.15, 0.2) is 6.23 Å². The van der Waals surface area contributed by atoms with Crippen LogP contribution in [0.4, 0.5) is 4.79 Å². The Balaban J connectivity index is 2.74. The molecule has 1 aliphatic heterocycles. The lowest BCUT2D eigenvalue weighted by molar-refractivity contribution is -0.0231. The second-order valence-electron chi connectivity index (χ2n) is 4.02. The van der Waals surface area contributed by atoms with Crippen LogP contribution in [0.3, 0.4) is 0 Å². The molecule has 0 aromatic heterocycles. The lowest BCUT2D eigenvalue weighted by Crippen LogP contribution is -2.42. The van der Waals surface area contributed by atoms with Crippen LogP contribution >= 0.6 is 0 Å². The van der Waals surface area contributed by atoms with E-state index in [0.717, 1.165) is 0 Å². The second-order valence-corrected chi connectivity index (χ2v) is 4.02. The zero-order valence-corrected chi connectivity index (χ0v) is 8.40. The first-order valence-electron chi connectivity index (χ1n) is 4.15. The lowest BCUT2D eigenvalue weighted by Gasteiger charge is -2.31. The highest BCUT2D eigenvalue weighted by Gasteiger charge is 2.36. The molecule has 1 aliphatic rings. The summed E-state index contributed by atoms with van der Waals surface area (Å²) in [5, 5.41) is 0. The van der Waals surface area contributed by atoms with Crippen LogP contribution in [0, 0.1) is 5.41 Å². The maximum absolute atomic E-state index is 11.2. The van der Waals surface area contributed by atoms with E-state index in [4.69, 9.17) is 4.74 Å². The van der Waals surface area contributed by atoms with Crippen molar-refractivity contribution in [3.8, 4) is 0 Å². The van der Waals surface area contributed by atoms with Gasteiger partial charge in [-0.3, -0.25) is 0 Å². The van der Waals surface area contributed by atoms with Gasteiger partial charge < -0.3 is 9.47 Å². The van der Waals surface area contributed by atoms with Crippen molar-refractivity contribution in [3.05, 3.63) is 12.5 Å². The monoisotopic (exact) mass is 185 g/mol. The Hall–Kier alpha value is -1.19. The fourth-order valence-electron chi connectivity index (χ4n) is 1.20. The molecule has 0 fully saturated rings. The summed E-state index contributed by atoms with van der Waals surface area (Å²) in [4.78, 5) is 12.7. The van der Waals surface area contributed by atoms with Crippen LogP contribution in [0.5, 0.6) is 0 Å². The maximum Gasteiger partial charge on any atom is 0.416 e. The molecule has 74 valence electrons. The highest BCUT2D eigenvalue weighted by atomic mass is 16.6. The van der Waals surface area contributed by atoms with Crippen molar-refractivity contribution in [1.29, 1.82) is 0 Å². The molecule has 0 aromatic rings. The van der Waals surface area contributed by atoms with Crippen molar-refractivity contribution in [2.45, 2.75) is 27.0 Å². The van der Waals surface area contributed by atoms with Crippen molar-refractivity contribution in [3.63, 3.8) is 0 Å². The highest BCUT2D eigenvalue weighted by Crippen LogP contribution is 2.29. The average molecular weight is 185 g/mol. The summed E-state index contributed by atoms with van der Waals surface area (Å²) in [6.45, 7) is 6.00. The van der Waals surface area contributed by atoms with Gasteiger partial charge in [0.2, 0.25) is 0 Å². The molecule has 0 radical (unpaired) electrons. The first-order chi connectivity index (χ1) is 5.96. The molecular weight excluding hydrogens is 170 g/mol. The van der Waals surface area contributed by atoms with Crippen molar-refractivity contribution in [2.75, 3.05) is 7.11 Å². The number of carbonyl (C=O) groups is 1. The molecule has 0 spiro atoms. The third-order valence-electron chi connectivity index (χ3n) is 1.81. The molecule has 1 rings (SSSR count). The number of rotatable bonds is 0. The number of hydrogen-bond donors (Lipinski definition) is 0. The van der Waals surface area contributed by atoms with Crippen LogP contribution in [0.15, 0.2) is 12.5 Å². The Morgan fingerprint density at radius 2 is 2.15 bits per heavy atom. The SMILES string of the molecule is COC(=O)N1C=COC1C(C)(C)C. The van der Waals surface area contributed by atoms with E-state index in [1.807, 2.05) is 20.8 Å². The van der Waals surface area contributed by atoms with E-state index in [9.17, 15) is 4.79 Å². The number of carbonyl (C=O) groups excluding carboxylic acids is 1. The summed E-state index contributed by atoms with van der Waals surface area (Å²) in [5.41, 5.74) is -0.127. The standard InChI is InChI=1S/C9H15NO3/c1-9(2,3)7-10(5-6-13-7)8(11)12-4/h5-7H,1-4H3. The molecule has 1 atom stereocenters. The van der Waals surface area contributed by atoms with Crippen molar-refractivity contribution < 1.29 is 14.3 Å². The minimum Gasteiger partial charge on any atom is -0.475 e. The van der Waals surface area contributed by atoms with Crippen molar-refractivity contribution in [1.82, 2.24) is 4.90 Å². The molecule has 1 unspecified atom stereocenters. The molecule has 4 heteroatoms. The summed E-state index contributed by atoms with van der Waals surface area (Å²) in [6.07, 6.45) is 2.42. The summed E-state index contributed by atoms with van der Waals surface area (Å²) < 4.78 is 9.91. The Kier molecular flexibility index (Phi) is 2.50. The van der Waals surface area contributed by atoms with Gasteiger partial charge in [-0.05, 0) is 0 Å². The van der Waals surface area contributed by atoms with Crippen LogP contribution in [0.2, 0.25) is 0 Å². The summed E-state index contributed by atoms with van der Waals surface area (Å²) in [7, 11) is 1.36. The zero-order valence-electron chi connectivity index (χ0n) is 8.40. The number of nitrogens with zero attached hydrogens (tertiary/aromatic N) is 1. The second kappa shape index (κ2) is 3.28. The molecule has 0 aromatic carbocycles. The minimum absolute atomic E-state index is 0.127. The van der Waals surface area contributed by atoms with E-state index in [0.29, 0.717) is 0 Å². The molecule has 1 amide bonds.